The third-order valence-corrected chi connectivity index (χ3v) is 0.982. The second kappa shape index (κ2) is 3.93. The molecule has 8 heavy (non-hydrogen) atoms. The molecule has 0 aromatic heterocycles. The van der Waals surface area contributed by atoms with Gasteiger partial charge in [0.2, 0.25) is 0 Å². The van der Waals surface area contributed by atoms with Crippen LogP contribution in [-0.4, -0.2) is 0 Å². The zero-order valence-electron chi connectivity index (χ0n) is 4.32. The van der Waals surface area contributed by atoms with Gasteiger partial charge in [0.15, 0.2) is 0 Å². The Balaban J connectivity index is 3.94. The lowest BCUT2D eigenvalue weighted by molar-refractivity contribution is 1.88. The monoisotopic (exact) mass is 192 g/mol. The zero-order valence-corrected chi connectivity index (χ0v) is 6.67. The molecule has 0 heterocycles. The van der Waals surface area contributed by atoms with Gasteiger partial charge in [-0.2, -0.15) is 0 Å². The Morgan fingerprint density at radius 3 is 2.25 bits per heavy atom. The Hall–Kier alpha value is -0.0100. The highest BCUT2D eigenvalue weighted by molar-refractivity contribution is 9.11. The van der Waals surface area contributed by atoms with E-state index >= 15 is 0 Å². The fourth-order valence-corrected chi connectivity index (χ4v) is 0.719. The summed E-state index contributed by atoms with van der Waals surface area (Å²) >= 11 is 8.63. The van der Waals surface area contributed by atoms with E-state index < -0.39 is 0 Å². The van der Waals surface area contributed by atoms with Crippen LogP contribution in [0.3, 0.4) is 0 Å². The van der Waals surface area contributed by atoms with E-state index in [0.29, 0.717) is 5.03 Å². The summed E-state index contributed by atoms with van der Waals surface area (Å²) in [4.78, 5) is 0. The SMILES string of the molecule is C=C/C(Cl)=C\C(=C)Br. The van der Waals surface area contributed by atoms with Gasteiger partial charge in [0, 0.05) is 9.51 Å². The van der Waals surface area contributed by atoms with Gasteiger partial charge in [-0.1, -0.05) is 46.8 Å². The van der Waals surface area contributed by atoms with E-state index in [-0.39, 0.29) is 0 Å². The number of halogens is 2. The van der Waals surface area contributed by atoms with Crippen LogP contribution in [0.25, 0.3) is 0 Å². The lowest BCUT2D eigenvalue weighted by atomic mass is 10.5. The predicted octanol–water partition coefficient (Wildman–Crippen LogP) is 3.20. The first-order valence-electron chi connectivity index (χ1n) is 2.01. The fraction of sp³-hybridized carbons (Fsp3) is 0. The molecule has 0 aliphatic rings. The van der Waals surface area contributed by atoms with Gasteiger partial charge < -0.3 is 0 Å². The molecular weight excluding hydrogens is 187 g/mol. The van der Waals surface area contributed by atoms with Crippen LogP contribution < -0.4 is 0 Å². The quantitative estimate of drug-likeness (QED) is 0.591. The van der Waals surface area contributed by atoms with E-state index in [1.54, 1.807) is 12.2 Å². The Morgan fingerprint density at radius 1 is 1.62 bits per heavy atom. The second-order valence-electron chi connectivity index (χ2n) is 1.18. The first kappa shape index (κ1) is 7.99. The molecule has 0 saturated heterocycles. The largest absolute Gasteiger partial charge is 0.0976 e. The van der Waals surface area contributed by atoms with Gasteiger partial charge in [-0.25, -0.2) is 0 Å². The summed E-state index contributed by atoms with van der Waals surface area (Å²) in [5.41, 5.74) is 0. The number of allylic oxidation sites excluding steroid dienone is 4. The van der Waals surface area contributed by atoms with Gasteiger partial charge in [0.1, 0.15) is 0 Å². The smallest absolute Gasteiger partial charge is 0.0411 e. The number of hydrogen-bond donors (Lipinski definition) is 0. The van der Waals surface area contributed by atoms with Crippen LogP contribution in [0.5, 0.6) is 0 Å². The van der Waals surface area contributed by atoms with Crippen molar-refractivity contribution in [2.75, 3.05) is 0 Å². The summed E-state index contributed by atoms with van der Waals surface area (Å²) in [6.07, 6.45) is 3.22. The second-order valence-corrected chi connectivity index (χ2v) is 2.64. The van der Waals surface area contributed by atoms with E-state index in [2.05, 4.69) is 29.1 Å². The van der Waals surface area contributed by atoms with Crippen LogP contribution in [0, 0.1) is 0 Å². The molecule has 44 valence electrons. The molecule has 0 spiro atoms. The third-order valence-electron chi connectivity index (χ3n) is 0.490. The molecule has 0 N–H and O–H groups in total. The molecule has 0 aromatic rings. The lowest BCUT2D eigenvalue weighted by Crippen LogP contribution is -1.59. The van der Waals surface area contributed by atoms with Crippen molar-refractivity contribution in [1.29, 1.82) is 0 Å². The van der Waals surface area contributed by atoms with Crippen molar-refractivity contribution in [3.05, 3.63) is 34.8 Å². The molecule has 0 aromatic carbocycles. The maximum Gasteiger partial charge on any atom is 0.0411 e. The van der Waals surface area contributed by atoms with Gasteiger partial charge in [0.05, 0.1) is 0 Å². The molecule has 0 rings (SSSR count). The molecule has 0 bridgehead atoms. The van der Waals surface area contributed by atoms with Crippen molar-refractivity contribution in [3.63, 3.8) is 0 Å². The van der Waals surface area contributed by atoms with E-state index in [1.807, 2.05) is 0 Å². The highest BCUT2D eigenvalue weighted by Crippen LogP contribution is 2.10. The van der Waals surface area contributed by atoms with E-state index in [9.17, 15) is 0 Å². The van der Waals surface area contributed by atoms with Gasteiger partial charge in [-0.15, -0.1) is 0 Å². The molecule has 0 fully saturated rings. The van der Waals surface area contributed by atoms with Crippen molar-refractivity contribution in [2.24, 2.45) is 0 Å². The van der Waals surface area contributed by atoms with Crippen molar-refractivity contribution in [1.82, 2.24) is 0 Å². The summed E-state index contributed by atoms with van der Waals surface area (Å²) in [7, 11) is 0. The molecule has 0 aliphatic heterocycles. The van der Waals surface area contributed by atoms with Gasteiger partial charge in [0.25, 0.3) is 0 Å². The molecule has 0 aliphatic carbocycles. The topological polar surface area (TPSA) is 0 Å². The van der Waals surface area contributed by atoms with Crippen molar-refractivity contribution >= 4 is 27.5 Å². The van der Waals surface area contributed by atoms with Crippen LogP contribution >= 0.6 is 27.5 Å². The van der Waals surface area contributed by atoms with Crippen molar-refractivity contribution in [2.45, 2.75) is 0 Å². The highest BCUT2D eigenvalue weighted by atomic mass is 79.9. The standard InChI is InChI=1S/C6H6BrCl/c1-3-6(8)4-5(2)7/h3-4H,1-2H2/b6-4+. The third kappa shape index (κ3) is 4.16. The molecule has 0 atom stereocenters. The van der Waals surface area contributed by atoms with Crippen LogP contribution in [0.1, 0.15) is 0 Å². The minimum absolute atomic E-state index is 0.590. The van der Waals surface area contributed by atoms with Crippen LogP contribution in [0.2, 0.25) is 0 Å². The molecule has 0 saturated carbocycles. The molecule has 0 nitrogen and oxygen atoms in total. The minimum Gasteiger partial charge on any atom is -0.0976 e. The average molecular weight is 193 g/mol. The van der Waals surface area contributed by atoms with Crippen LogP contribution in [0.4, 0.5) is 0 Å². The van der Waals surface area contributed by atoms with Crippen LogP contribution in [0.15, 0.2) is 34.8 Å². The Bertz CT molecular complexity index is 135. The van der Waals surface area contributed by atoms with Gasteiger partial charge in [-0.05, 0) is 6.08 Å². The van der Waals surface area contributed by atoms with E-state index in [0.717, 1.165) is 4.48 Å². The fourth-order valence-electron chi connectivity index (χ4n) is 0.209. The summed E-state index contributed by atoms with van der Waals surface area (Å²) < 4.78 is 0.752. The van der Waals surface area contributed by atoms with Crippen LogP contribution in [-0.2, 0) is 0 Å². The lowest BCUT2D eigenvalue weighted by Gasteiger charge is -1.83. The highest BCUT2D eigenvalue weighted by Gasteiger charge is 1.81. The summed E-state index contributed by atoms with van der Waals surface area (Å²) in [5, 5.41) is 0.590. The Labute approximate surface area is 62.7 Å². The summed E-state index contributed by atoms with van der Waals surface area (Å²) in [6, 6.07) is 0. The van der Waals surface area contributed by atoms with E-state index in [1.165, 1.54) is 0 Å². The van der Waals surface area contributed by atoms with Gasteiger partial charge in [-0.3, -0.25) is 0 Å². The van der Waals surface area contributed by atoms with Gasteiger partial charge >= 0.3 is 0 Å². The molecule has 0 amide bonds. The van der Waals surface area contributed by atoms with Crippen molar-refractivity contribution < 1.29 is 0 Å². The first-order valence-corrected chi connectivity index (χ1v) is 3.18. The summed E-state index contributed by atoms with van der Waals surface area (Å²) in [6.45, 7) is 7.00. The normalized spacial score (nSPS) is 11.0. The number of hydrogen-bond acceptors (Lipinski definition) is 0. The maximum atomic E-state index is 5.51. The molecule has 0 radical (unpaired) electrons. The molecule has 0 unspecified atom stereocenters. The molecular formula is C6H6BrCl. The zero-order chi connectivity index (χ0) is 6.57. The Morgan fingerprint density at radius 2 is 2.12 bits per heavy atom. The van der Waals surface area contributed by atoms with Crippen molar-refractivity contribution in [3.8, 4) is 0 Å². The number of rotatable bonds is 2. The average Bonchev–Trinajstić information content (AvgIpc) is 1.65. The summed E-state index contributed by atoms with van der Waals surface area (Å²) in [5.74, 6) is 0. The first-order chi connectivity index (χ1) is 3.66. The van der Waals surface area contributed by atoms with E-state index in [4.69, 9.17) is 11.6 Å². The maximum absolute atomic E-state index is 5.51. The predicted molar refractivity (Wildman–Crippen MR) is 42.2 cm³/mol. The Kier molecular flexibility index (Phi) is 3.92. The molecule has 2 heteroatoms. The minimum atomic E-state index is 0.590.